The number of esters is 1. The van der Waals surface area contributed by atoms with Crippen LogP contribution in [-0.2, 0) is 24.0 Å². The van der Waals surface area contributed by atoms with E-state index in [1.807, 2.05) is 0 Å². The van der Waals surface area contributed by atoms with Gasteiger partial charge in [0.2, 0.25) is 5.91 Å². The van der Waals surface area contributed by atoms with Crippen LogP contribution in [0.1, 0.15) is 18.4 Å². The van der Waals surface area contributed by atoms with Gasteiger partial charge < -0.3 is 15.4 Å². The van der Waals surface area contributed by atoms with Crippen molar-refractivity contribution in [2.45, 2.75) is 23.8 Å². The summed E-state index contributed by atoms with van der Waals surface area (Å²) in [4.78, 5) is 36.0. The molecular formula is C15H15FN2O4S. The zero-order chi connectivity index (χ0) is 16.6. The summed E-state index contributed by atoms with van der Waals surface area (Å²) in [7, 11) is 0. The van der Waals surface area contributed by atoms with E-state index in [9.17, 15) is 18.8 Å². The molecule has 0 unspecified atom stereocenters. The van der Waals surface area contributed by atoms with E-state index in [1.165, 1.54) is 28.8 Å². The molecule has 6 nitrogen and oxygen atoms in total. The SMILES string of the molecule is NC(=O)COC(=O)[C@@H]1CS[C@@]2(c3ccc(F)cc3)CCC(=O)N12. The molecule has 122 valence electrons. The van der Waals surface area contributed by atoms with Gasteiger partial charge in [-0.15, -0.1) is 11.8 Å². The number of carbonyl (C=O) groups excluding carboxylic acids is 3. The molecule has 0 bridgehead atoms. The van der Waals surface area contributed by atoms with Crippen LogP contribution in [0.2, 0.25) is 0 Å². The summed E-state index contributed by atoms with van der Waals surface area (Å²) >= 11 is 1.46. The number of nitrogens with two attached hydrogens (primary N) is 1. The maximum Gasteiger partial charge on any atom is 0.330 e. The van der Waals surface area contributed by atoms with Gasteiger partial charge in [-0.05, 0) is 24.1 Å². The number of carbonyl (C=O) groups is 3. The number of ether oxygens (including phenoxy) is 1. The van der Waals surface area contributed by atoms with Crippen LogP contribution in [0, 0.1) is 5.82 Å². The number of thioether (sulfide) groups is 1. The molecule has 2 fully saturated rings. The van der Waals surface area contributed by atoms with Crippen molar-refractivity contribution in [3.8, 4) is 0 Å². The summed E-state index contributed by atoms with van der Waals surface area (Å²) in [5.74, 6) is -1.54. The third-order valence-electron chi connectivity index (χ3n) is 4.05. The standard InChI is InChI=1S/C15H15FN2O4S/c16-10-3-1-9(2-4-10)15-6-5-13(20)18(15)11(8-23-15)14(21)22-7-12(17)19/h1-4,11H,5-8H2,(H2,17,19)/t11-,15+/m0/s1. The first-order valence-electron chi connectivity index (χ1n) is 7.11. The lowest BCUT2D eigenvalue weighted by atomic mass is 10.0. The minimum absolute atomic E-state index is 0.152. The first kappa shape index (κ1) is 15.8. The molecule has 2 aliphatic rings. The summed E-state index contributed by atoms with van der Waals surface area (Å²) in [5, 5.41) is 0. The lowest BCUT2D eigenvalue weighted by Gasteiger charge is -2.33. The van der Waals surface area contributed by atoms with Crippen LogP contribution in [-0.4, -0.2) is 41.1 Å². The molecule has 2 heterocycles. The molecular weight excluding hydrogens is 323 g/mol. The first-order valence-corrected chi connectivity index (χ1v) is 8.10. The Hall–Kier alpha value is -2.09. The molecule has 3 rings (SSSR count). The van der Waals surface area contributed by atoms with Crippen molar-refractivity contribution in [3.05, 3.63) is 35.6 Å². The normalized spacial score (nSPS) is 26.2. The van der Waals surface area contributed by atoms with Crippen molar-refractivity contribution in [2.24, 2.45) is 5.73 Å². The van der Waals surface area contributed by atoms with Crippen molar-refractivity contribution >= 4 is 29.5 Å². The molecule has 1 aromatic carbocycles. The molecule has 2 amide bonds. The van der Waals surface area contributed by atoms with Crippen molar-refractivity contribution in [1.29, 1.82) is 0 Å². The van der Waals surface area contributed by atoms with E-state index in [1.54, 1.807) is 12.1 Å². The Morgan fingerprint density at radius 3 is 2.74 bits per heavy atom. The quantitative estimate of drug-likeness (QED) is 0.818. The number of hydrogen-bond donors (Lipinski definition) is 1. The summed E-state index contributed by atoms with van der Waals surface area (Å²) in [6.07, 6.45) is 0.853. The zero-order valence-electron chi connectivity index (χ0n) is 12.2. The van der Waals surface area contributed by atoms with Crippen LogP contribution in [0.25, 0.3) is 0 Å². The van der Waals surface area contributed by atoms with Gasteiger partial charge in [0.25, 0.3) is 5.91 Å². The highest BCUT2D eigenvalue weighted by atomic mass is 32.2. The minimum atomic E-state index is -0.764. The summed E-state index contributed by atoms with van der Waals surface area (Å²) in [6, 6.07) is 5.17. The van der Waals surface area contributed by atoms with Gasteiger partial charge in [0.1, 0.15) is 16.7 Å². The third kappa shape index (κ3) is 2.67. The van der Waals surface area contributed by atoms with Crippen LogP contribution in [0.4, 0.5) is 4.39 Å². The molecule has 2 aliphatic heterocycles. The van der Waals surface area contributed by atoms with Crippen LogP contribution >= 0.6 is 11.8 Å². The number of halogens is 1. The number of benzene rings is 1. The maximum atomic E-state index is 13.2. The summed E-state index contributed by atoms with van der Waals surface area (Å²) < 4.78 is 18.0. The molecule has 0 saturated carbocycles. The topological polar surface area (TPSA) is 89.7 Å². The fourth-order valence-corrected chi connectivity index (χ4v) is 4.70. The number of nitrogens with zero attached hydrogens (tertiary/aromatic N) is 1. The molecule has 2 N–H and O–H groups in total. The van der Waals surface area contributed by atoms with Gasteiger partial charge in [-0.25, -0.2) is 9.18 Å². The van der Waals surface area contributed by atoms with Gasteiger partial charge in [-0.1, -0.05) is 12.1 Å². The average molecular weight is 338 g/mol. The van der Waals surface area contributed by atoms with E-state index < -0.39 is 29.4 Å². The third-order valence-corrected chi connectivity index (χ3v) is 5.65. The van der Waals surface area contributed by atoms with Gasteiger partial charge >= 0.3 is 5.97 Å². The van der Waals surface area contributed by atoms with E-state index in [0.717, 1.165) is 5.56 Å². The second-order valence-corrected chi connectivity index (χ2v) is 6.75. The van der Waals surface area contributed by atoms with Crippen molar-refractivity contribution < 1.29 is 23.5 Å². The molecule has 2 saturated heterocycles. The second kappa shape index (κ2) is 5.84. The smallest absolute Gasteiger partial charge is 0.330 e. The van der Waals surface area contributed by atoms with Gasteiger partial charge in [-0.3, -0.25) is 9.59 Å². The number of rotatable bonds is 4. The Morgan fingerprint density at radius 1 is 1.39 bits per heavy atom. The molecule has 0 spiro atoms. The van der Waals surface area contributed by atoms with Crippen molar-refractivity contribution in [1.82, 2.24) is 4.90 Å². The lowest BCUT2D eigenvalue weighted by Crippen LogP contribution is -2.47. The fourth-order valence-electron chi connectivity index (χ4n) is 3.07. The van der Waals surface area contributed by atoms with Crippen LogP contribution in [0.3, 0.4) is 0 Å². The zero-order valence-corrected chi connectivity index (χ0v) is 13.0. The highest BCUT2D eigenvalue weighted by Gasteiger charge is 2.57. The van der Waals surface area contributed by atoms with E-state index in [2.05, 4.69) is 0 Å². The maximum absolute atomic E-state index is 13.2. The molecule has 23 heavy (non-hydrogen) atoms. The number of amides is 2. The summed E-state index contributed by atoms with van der Waals surface area (Å²) in [6.45, 7) is -0.508. The fraction of sp³-hybridized carbons (Fsp3) is 0.400. The van der Waals surface area contributed by atoms with Crippen molar-refractivity contribution in [3.63, 3.8) is 0 Å². The second-order valence-electron chi connectivity index (χ2n) is 5.46. The van der Waals surface area contributed by atoms with E-state index >= 15 is 0 Å². The van der Waals surface area contributed by atoms with E-state index in [4.69, 9.17) is 10.5 Å². The Bertz CT molecular complexity index is 666. The van der Waals surface area contributed by atoms with Crippen LogP contribution in [0.15, 0.2) is 24.3 Å². The Morgan fingerprint density at radius 2 is 2.09 bits per heavy atom. The molecule has 0 aromatic heterocycles. The minimum Gasteiger partial charge on any atom is -0.454 e. The van der Waals surface area contributed by atoms with Crippen LogP contribution < -0.4 is 5.73 Å². The molecule has 0 radical (unpaired) electrons. The van der Waals surface area contributed by atoms with Crippen LogP contribution in [0.5, 0.6) is 0 Å². The Balaban J connectivity index is 1.88. The lowest BCUT2D eigenvalue weighted by molar-refractivity contribution is -0.156. The summed E-state index contributed by atoms with van der Waals surface area (Å²) in [5.41, 5.74) is 5.75. The Labute approximate surface area is 136 Å². The number of fused-ring (bicyclic) bond motifs is 1. The highest BCUT2D eigenvalue weighted by Crippen LogP contribution is 2.54. The monoisotopic (exact) mass is 338 g/mol. The van der Waals surface area contributed by atoms with Crippen molar-refractivity contribution in [2.75, 3.05) is 12.4 Å². The van der Waals surface area contributed by atoms with E-state index in [0.29, 0.717) is 18.6 Å². The number of hydrogen-bond acceptors (Lipinski definition) is 5. The largest absolute Gasteiger partial charge is 0.454 e. The highest BCUT2D eigenvalue weighted by molar-refractivity contribution is 8.00. The van der Waals surface area contributed by atoms with Gasteiger partial charge in [0.15, 0.2) is 6.61 Å². The molecule has 0 aliphatic carbocycles. The first-order chi connectivity index (χ1) is 10.9. The molecule has 1 aromatic rings. The predicted octanol–water partition coefficient (Wildman–Crippen LogP) is 0.745. The molecule has 8 heteroatoms. The molecule has 2 atom stereocenters. The predicted molar refractivity (Wildman–Crippen MR) is 80.6 cm³/mol. The van der Waals surface area contributed by atoms with Gasteiger partial charge in [0, 0.05) is 12.2 Å². The Kier molecular flexibility index (Phi) is 4.01. The van der Waals surface area contributed by atoms with Gasteiger partial charge in [0.05, 0.1) is 0 Å². The number of primary amides is 1. The van der Waals surface area contributed by atoms with Gasteiger partial charge in [-0.2, -0.15) is 0 Å². The average Bonchev–Trinajstić information content (AvgIpc) is 3.05. The van der Waals surface area contributed by atoms with E-state index in [-0.39, 0.29) is 11.7 Å².